The van der Waals surface area contributed by atoms with Gasteiger partial charge in [-0.2, -0.15) is 13.2 Å². The summed E-state index contributed by atoms with van der Waals surface area (Å²) in [6.45, 7) is 1.90. The van der Waals surface area contributed by atoms with E-state index in [1.165, 1.54) is 0 Å². The Balaban J connectivity index is 2.28. The smallest absolute Gasteiger partial charge is 0.296 e. The monoisotopic (exact) mass is 291 g/mol. The molecular weight excluding hydrogens is 271 g/mol. The van der Waals surface area contributed by atoms with Gasteiger partial charge in [0.25, 0.3) is 0 Å². The first-order valence-electron chi connectivity index (χ1n) is 7.19. The zero-order valence-corrected chi connectivity index (χ0v) is 11.6. The highest BCUT2D eigenvalue weighted by molar-refractivity contribution is 5.99. The maximum atomic E-state index is 13.0. The minimum Gasteiger partial charge on any atom is -0.296 e. The third-order valence-electron chi connectivity index (χ3n) is 4.75. The van der Waals surface area contributed by atoms with E-state index in [1.807, 2.05) is 6.92 Å². The van der Waals surface area contributed by atoms with Crippen LogP contribution in [0.5, 0.6) is 0 Å². The minimum atomic E-state index is -4.23. The molecule has 6 heteroatoms. The van der Waals surface area contributed by atoms with Crippen LogP contribution in [0.25, 0.3) is 0 Å². The molecule has 1 saturated carbocycles. The van der Waals surface area contributed by atoms with Crippen molar-refractivity contribution in [3.05, 3.63) is 0 Å². The van der Waals surface area contributed by atoms with E-state index in [0.29, 0.717) is 19.3 Å². The molecule has 1 aliphatic carbocycles. The van der Waals surface area contributed by atoms with E-state index >= 15 is 0 Å². The second-order valence-electron chi connectivity index (χ2n) is 6.13. The summed E-state index contributed by atoms with van der Waals surface area (Å²) in [6.07, 6.45) is -1.90. The van der Waals surface area contributed by atoms with Gasteiger partial charge in [-0.05, 0) is 31.1 Å². The lowest BCUT2D eigenvalue weighted by Crippen LogP contribution is -2.54. The van der Waals surface area contributed by atoms with Gasteiger partial charge in [0, 0.05) is 12.3 Å². The predicted molar refractivity (Wildman–Crippen MR) is 66.6 cm³/mol. The van der Waals surface area contributed by atoms with Crippen LogP contribution in [-0.4, -0.2) is 18.0 Å². The first-order chi connectivity index (χ1) is 9.28. The van der Waals surface area contributed by atoms with Crippen molar-refractivity contribution >= 4 is 11.8 Å². The molecule has 1 saturated heterocycles. The standard InChI is InChI=1S/C14H20F3NO2/c1-2-4-10-12(20)18-11(19)8-13(10)6-3-5-9(7-13)14(15,16)17/h9-10H,2-8H2,1H3,(H,18,19,20). The van der Waals surface area contributed by atoms with Crippen LogP contribution in [0, 0.1) is 17.3 Å². The maximum Gasteiger partial charge on any atom is 0.391 e. The first kappa shape index (κ1) is 15.3. The number of halogens is 3. The number of amides is 2. The number of alkyl halides is 3. The fourth-order valence-corrected chi connectivity index (χ4v) is 3.87. The second-order valence-corrected chi connectivity index (χ2v) is 6.13. The van der Waals surface area contributed by atoms with Crippen molar-refractivity contribution in [1.82, 2.24) is 5.32 Å². The molecule has 1 aliphatic heterocycles. The third-order valence-corrected chi connectivity index (χ3v) is 4.75. The van der Waals surface area contributed by atoms with Gasteiger partial charge in [-0.25, -0.2) is 0 Å². The van der Waals surface area contributed by atoms with Gasteiger partial charge < -0.3 is 0 Å². The molecule has 2 fully saturated rings. The van der Waals surface area contributed by atoms with Crippen molar-refractivity contribution in [2.75, 3.05) is 0 Å². The molecule has 20 heavy (non-hydrogen) atoms. The van der Waals surface area contributed by atoms with Crippen LogP contribution in [0.15, 0.2) is 0 Å². The number of carbonyl (C=O) groups excluding carboxylic acids is 2. The summed E-state index contributed by atoms with van der Waals surface area (Å²) in [5.41, 5.74) is -0.784. The first-order valence-corrected chi connectivity index (χ1v) is 7.19. The summed E-state index contributed by atoms with van der Waals surface area (Å²) >= 11 is 0. The van der Waals surface area contributed by atoms with Gasteiger partial charge in [-0.1, -0.05) is 19.8 Å². The lowest BCUT2D eigenvalue weighted by Gasteiger charge is -2.47. The van der Waals surface area contributed by atoms with Crippen LogP contribution in [0.2, 0.25) is 0 Å². The van der Waals surface area contributed by atoms with Gasteiger partial charge in [-0.3, -0.25) is 14.9 Å². The number of hydrogen-bond donors (Lipinski definition) is 1. The van der Waals surface area contributed by atoms with Gasteiger partial charge in [0.15, 0.2) is 0 Å². The fourth-order valence-electron chi connectivity index (χ4n) is 3.87. The molecule has 114 valence electrons. The van der Waals surface area contributed by atoms with Crippen LogP contribution < -0.4 is 5.32 Å². The molecule has 1 heterocycles. The average Bonchev–Trinajstić information content (AvgIpc) is 2.33. The lowest BCUT2D eigenvalue weighted by atomic mass is 9.58. The normalized spacial score (nSPS) is 35.2. The topological polar surface area (TPSA) is 46.2 Å². The van der Waals surface area contributed by atoms with Crippen LogP contribution in [-0.2, 0) is 9.59 Å². The molecule has 2 amide bonds. The van der Waals surface area contributed by atoms with Crippen LogP contribution >= 0.6 is 0 Å². The van der Waals surface area contributed by atoms with Gasteiger partial charge in [-0.15, -0.1) is 0 Å². The van der Waals surface area contributed by atoms with Crippen LogP contribution in [0.1, 0.15) is 51.9 Å². The van der Waals surface area contributed by atoms with Gasteiger partial charge in [0.05, 0.1) is 5.92 Å². The van der Waals surface area contributed by atoms with Crippen molar-refractivity contribution in [1.29, 1.82) is 0 Å². The molecule has 0 radical (unpaired) electrons. The third kappa shape index (κ3) is 2.83. The average molecular weight is 291 g/mol. The van der Waals surface area contributed by atoms with Crippen molar-refractivity contribution in [2.24, 2.45) is 17.3 Å². The molecule has 3 nitrogen and oxygen atoms in total. The number of nitrogens with one attached hydrogen (secondary N) is 1. The Hall–Kier alpha value is -1.07. The summed E-state index contributed by atoms with van der Waals surface area (Å²) < 4.78 is 39.0. The highest BCUT2D eigenvalue weighted by Gasteiger charge is 2.54. The summed E-state index contributed by atoms with van der Waals surface area (Å²) in [6, 6.07) is 0. The second kappa shape index (κ2) is 5.37. The van der Waals surface area contributed by atoms with Gasteiger partial charge in [0.2, 0.25) is 11.8 Å². The summed E-state index contributed by atoms with van der Waals surface area (Å²) in [5, 5.41) is 2.28. The Morgan fingerprint density at radius 3 is 2.65 bits per heavy atom. The molecule has 2 aliphatic rings. The van der Waals surface area contributed by atoms with Crippen LogP contribution in [0.4, 0.5) is 13.2 Å². The largest absolute Gasteiger partial charge is 0.391 e. The Kier molecular flexibility index (Phi) is 4.12. The molecular formula is C14H20F3NO2. The Bertz CT molecular complexity index is 408. The number of piperidine rings is 1. The molecule has 1 spiro atoms. The molecule has 3 atom stereocenters. The highest BCUT2D eigenvalue weighted by atomic mass is 19.4. The predicted octanol–water partition coefficient (Wildman–Crippen LogP) is 3.19. The molecule has 1 N–H and O–H groups in total. The van der Waals surface area contributed by atoms with E-state index in [0.717, 1.165) is 6.42 Å². The molecule has 0 aromatic rings. The van der Waals surface area contributed by atoms with E-state index in [2.05, 4.69) is 5.32 Å². The van der Waals surface area contributed by atoms with Gasteiger partial charge in [0.1, 0.15) is 0 Å². The number of carbonyl (C=O) groups is 2. The number of imide groups is 1. The fraction of sp³-hybridized carbons (Fsp3) is 0.857. The maximum absolute atomic E-state index is 13.0. The van der Waals surface area contributed by atoms with E-state index in [4.69, 9.17) is 0 Å². The lowest BCUT2D eigenvalue weighted by molar-refractivity contribution is -0.199. The van der Waals surface area contributed by atoms with E-state index in [1.54, 1.807) is 0 Å². The zero-order chi connectivity index (χ0) is 15.0. The molecule has 0 bridgehead atoms. The van der Waals surface area contributed by atoms with Crippen LogP contribution in [0.3, 0.4) is 0 Å². The van der Waals surface area contributed by atoms with E-state index < -0.39 is 29.3 Å². The van der Waals surface area contributed by atoms with E-state index in [-0.39, 0.29) is 25.2 Å². The van der Waals surface area contributed by atoms with Crippen molar-refractivity contribution < 1.29 is 22.8 Å². The Labute approximate surface area is 116 Å². The quantitative estimate of drug-likeness (QED) is 0.794. The van der Waals surface area contributed by atoms with E-state index in [9.17, 15) is 22.8 Å². The van der Waals surface area contributed by atoms with Crippen molar-refractivity contribution in [2.45, 2.75) is 58.0 Å². The molecule has 0 aromatic heterocycles. The summed E-state index contributed by atoms with van der Waals surface area (Å²) in [5.74, 6) is -2.65. The SMILES string of the molecule is CCCC1C(=O)NC(=O)CC12CCCC(C(F)(F)F)C2. The number of hydrogen-bond acceptors (Lipinski definition) is 2. The number of rotatable bonds is 2. The zero-order valence-electron chi connectivity index (χ0n) is 11.6. The molecule has 2 rings (SSSR count). The Morgan fingerprint density at radius 2 is 2.05 bits per heavy atom. The van der Waals surface area contributed by atoms with Crippen molar-refractivity contribution in [3.8, 4) is 0 Å². The van der Waals surface area contributed by atoms with Crippen molar-refractivity contribution in [3.63, 3.8) is 0 Å². The summed E-state index contributed by atoms with van der Waals surface area (Å²) in [7, 11) is 0. The molecule has 0 aromatic carbocycles. The molecule has 3 unspecified atom stereocenters. The van der Waals surface area contributed by atoms with Gasteiger partial charge >= 0.3 is 6.18 Å². The Morgan fingerprint density at radius 1 is 1.35 bits per heavy atom. The highest BCUT2D eigenvalue weighted by Crippen LogP contribution is 2.53. The summed E-state index contributed by atoms with van der Waals surface area (Å²) in [4.78, 5) is 23.7. The minimum absolute atomic E-state index is 0.0516.